The third-order valence-electron chi connectivity index (χ3n) is 4.35. The second kappa shape index (κ2) is 5.41. The van der Waals surface area contributed by atoms with E-state index >= 15 is 0 Å². The van der Waals surface area contributed by atoms with E-state index in [-0.39, 0.29) is 6.10 Å². The first-order chi connectivity index (χ1) is 8.58. The topological polar surface area (TPSA) is 39.1 Å². The number of rotatable bonds is 4. The number of aromatic nitrogens is 2. The van der Waals surface area contributed by atoms with Gasteiger partial charge in [-0.2, -0.15) is 5.10 Å². The molecule has 0 aromatic carbocycles. The summed E-state index contributed by atoms with van der Waals surface area (Å²) in [5.74, 6) is 1.06. The fourth-order valence-corrected chi connectivity index (χ4v) is 3.16. The van der Waals surface area contributed by atoms with Crippen molar-refractivity contribution in [1.29, 1.82) is 0 Å². The Hall–Kier alpha value is -0.870. The Morgan fingerprint density at radius 1 is 1.39 bits per heavy atom. The van der Waals surface area contributed by atoms with E-state index in [2.05, 4.69) is 44.3 Å². The fourth-order valence-electron chi connectivity index (χ4n) is 3.16. The third kappa shape index (κ3) is 2.31. The molecule has 5 unspecified atom stereocenters. The van der Waals surface area contributed by atoms with Crippen LogP contribution in [-0.2, 0) is 11.3 Å². The van der Waals surface area contributed by atoms with Gasteiger partial charge < -0.3 is 10.1 Å². The molecule has 0 amide bonds. The van der Waals surface area contributed by atoms with Crippen molar-refractivity contribution in [1.82, 2.24) is 15.1 Å². The zero-order valence-electron chi connectivity index (χ0n) is 12.1. The van der Waals surface area contributed by atoms with Gasteiger partial charge in [-0.15, -0.1) is 0 Å². The SMILES string of the molecule is CCn1cc(C(NC)C2C(C)OC(C)C2C)cn1. The summed E-state index contributed by atoms with van der Waals surface area (Å²) in [4.78, 5) is 0. The van der Waals surface area contributed by atoms with Gasteiger partial charge in [-0.3, -0.25) is 4.68 Å². The number of hydrogen-bond donors (Lipinski definition) is 1. The van der Waals surface area contributed by atoms with Gasteiger partial charge in [0.1, 0.15) is 0 Å². The van der Waals surface area contributed by atoms with E-state index in [0.29, 0.717) is 24.0 Å². The second-order valence-electron chi connectivity index (χ2n) is 5.38. The maximum atomic E-state index is 5.96. The van der Waals surface area contributed by atoms with Gasteiger partial charge >= 0.3 is 0 Å². The van der Waals surface area contributed by atoms with Crippen LogP contribution in [0.25, 0.3) is 0 Å². The summed E-state index contributed by atoms with van der Waals surface area (Å²) in [5.41, 5.74) is 1.26. The minimum absolute atomic E-state index is 0.289. The number of ether oxygens (including phenoxy) is 1. The summed E-state index contributed by atoms with van der Waals surface area (Å²) in [7, 11) is 2.02. The molecule has 1 aromatic rings. The molecular weight excluding hydrogens is 226 g/mol. The Kier molecular flexibility index (Phi) is 4.07. The van der Waals surface area contributed by atoms with Crippen molar-refractivity contribution in [3.63, 3.8) is 0 Å². The molecular formula is C14H25N3O. The van der Waals surface area contributed by atoms with Crippen LogP contribution in [0.4, 0.5) is 0 Å². The Labute approximate surface area is 110 Å². The lowest BCUT2D eigenvalue weighted by Crippen LogP contribution is -2.32. The number of nitrogens with one attached hydrogen (secondary N) is 1. The van der Waals surface area contributed by atoms with Crippen LogP contribution in [0.3, 0.4) is 0 Å². The molecule has 5 atom stereocenters. The van der Waals surface area contributed by atoms with Crippen LogP contribution in [0, 0.1) is 11.8 Å². The quantitative estimate of drug-likeness (QED) is 0.892. The second-order valence-corrected chi connectivity index (χ2v) is 5.38. The molecule has 1 aliphatic rings. The van der Waals surface area contributed by atoms with Crippen LogP contribution in [0.2, 0.25) is 0 Å². The minimum atomic E-state index is 0.289. The molecule has 4 heteroatoms. The smallest absolute Gasteiger partial charge is 0.0600 e. The van der Waals surface area contributed by atoms with Crippen molar-refractivity contribution in [3.8, 4) is 0 Å². The predicted molar refractivity (Wildman–Crippen MR) is 72.4 cm³/mol. The number of nitrogens with zero attached hydrogens (tertiary/aromatic N) is 2. The van der Waals surface area contributed by atoms with Gasteiger partial charge in [-0.25, -0.2) is 0 Å². The van der Waals surface area contributed by atoms with Crippen molar-refractivity contribution < 1.29 is 4.74 Å². The Morgan fingerprint density at radius 2 is 2.11 bits per heavy atom. The Morgan fingerprint density at radius 3 is 2.56 bits per heavy atom. The van der Waals surface area contributed by atoms with Crippen molar-refractivity contribution in [2.45, 2.75) is 52.5 Å². The molecule has 1 aliphatic heterocycles. The van der Waals surface area contributed by atoms with Gasteiger partial charge in [-0.05, 0) is 33.7 Å². The molecule has 1 aromatic heterocycles. The molecule has 2 heterocycles. The highest BCUT2D eigenvalue weighted by molar-refractivity contribution is 5.14. The highest BCUT2D eigenvalue weighted by atomic mass is 16.5. The van der Waals surface area contributed by atoms with Crippen molar-refractivity contribution in [3.05, 3.63) is 18.0 Å². The molecule has 0 bridgehead atoms. The van der Waals surface area contributed by atoms with E-state index in [1.54, 1.807) is 0 Å². The molecule has 0 aliphatic carbocycles. The van der Waals surface area contributed by atoms with Gasteiger partial charge in [0.05, 0.1) is 18.4 Å². The molecule has 1 saturated heterocycles. The third-order valence-corrected chi connectivity index (χ3v) is 4.35. The van der Waals surface area contributed by atoms with Gasteiger partial charge in [0.2, 0.25) is 0 Å². The average Bonchev–Trinajstić information content (AvgIpc) is 2.91. The maximum Gasteiger partial charge on any atom is 0.0600 e. The van der Waals surface area contributed by atoms with Crippen LogP contribution in [-0.4, -0.2) is 29.0 Å². The lowest BCUT2D eigenvalue weighted by Gasteiger charge is -2.27. The van der Waals surface area contributed by atoms with Crippen LogP contribution in [0.15, 0.2) is 12.4 Å². The van der Waals surface area contributed by atoms with Gasteiger partial charge in [0.15, 0.2) is 0 Å². The summed E-state index contributed by atoms with van der Waals surface area (Å²) < 4.78 is 7.94. The molecule has 2 rings (SSSR count). The first-order valence-corrected chi connectivity index (χ1v) is 6.93. The Bertz CT molecular complexity index is 390. The minimum Gasteiger partial charge on any atom is -0.375 e. The van der Waals surface area contributed by atoms with Gasteiger partial charge in [-0.1, -0.05) is 6.92 Å². The highest BCUT2D eigenvalue weighted by Crippen LogP contribution is 2.40. The van der Waals surface area contributed by atoms with Crippen molar-refractivity contribution >= 4 is 0 Å². The van der Waals surface area contributed by atoms with Crippen LogP contribution in [0.1, 0.15) is 39.3 Å². The molecule has 0 saturated carbocycles. The first kappa shape index (κ1) is 13.6. The molecule has 1 N–H and O–H groups in total. The van der Waals surface area contributed by atoms with E-state index in [9.17, 15) is 0 Å². The molecule has 4 nitrogen and oxygen atoms in total. The lowest BCUT2D eigenvalue weighted by molar-refractivity contribution is 0.0478. The summed E-state index contributed by atoms with van der Waals surface area (Å²) in [6.45, 7) is 9.66. The maximum absolute atomic E-state index is 5.96. The molecule has 102 valence electrons. The molecule has 18 heavy (non-hydrogen) atoms. The summed E-state index contributed by atoms with van der Waals surface area (Å²) in [5, 5.41) is 7.83. The van der Waals surface area contributed by atoms with E-state index < -0.39 is 0 Å². The lowest BCUT2D eigenvalue weighted by atomic mass is 9.81. The van der Waals surface area contributed by atoms with Crippen LogP contribution < -0.4 is 5.32 Å². The van der Waals surface area contributed by atoms with E-state index in [1.807, 2.05) is 17.9 Å². The zero-order chi connectivity index (χ0) is 13.3. The van der Waals surface area contributed by atoms with E-state index in [4.69, 9.17) is 4.74 Å². The van der Waals surface area contributed by atoms with Gasteiger partial charge in [0.25, 0.3) is 0 Å². The molecule has 0 radical (unpaired) electrons. The molecule has 0 spiro atoms. The standard InChI is InChI=1S/C14H25N3O/c1-6-17-8-12(7-16-17)14(15-5)13-9(2)10(3)18-11(13)4/h7-11,13-15H,6H2,1-5H3. The summed E-state index contributed by atoms with van der Waals surface area (Å²) in [6, 6.07) is 0.320. The van der Waals surface area contributed by atoms with E-state index in [0.717, 1.165) is 6.54 Å². The Balaban J connectivity index is 2.22. The van der Waals surface area contributed by atoms with Crippen LogP contribution >= 0.6 is 0 Å². The fraction of sp³-hybridized carbons (Fsp3) is 0.786. The predicted octanol–water partition coefficient (Wildman–Crippen LogP) is 2.22. The summed E-state index contributed by atoms with van der Waals surface area (Å²) >= 11 is 0. The first-order valence-electron chi connectivity index (χ1n) is 6.93. The number of hydrogen-bond acceptors (Lipinski definition) is 3. The summed E-state index contributed by atoms with van der Waals surface area (Å²) in [6.07, 6.45) is 4.75. The van der Waals surface area contributed by atoms with E-state index in [1.165, 1.54) is 5.56 Å². The number of aryl methyl sites for hydroxylation is 1. The monoisotopic (exact) mass is 251 g/mol. The van der Waals surface area contributed by atoms with Gasteiger partial charge in [0, 0.05) is 30.3 Å². The van der Waals surface area contributed by atoms with Crippen molar-refractivity contribution in [2.24, 2.45) is 11.8 Å². The largest absolute Gasteiger partial charge is 0.375 e. The highest BCUT2D eigenvalue weighted by Gasteiger charge is 2.41. The molecule has 1 fully saturated rings. The average molecular weight is 251 g/mol. The van der Waals surface area contributed by atoms with Crippen molar-refractivity contribution in [2.75, 3.05) is 7.05 Å². The normalized spacial score (nSPS) is 33.8. The zero-order valence-corrected chi connectivity index (χ0v) is 12.1. The van der Waals surface area contributed by atoms with Crippen LogP contribution in [0.5, 0.6) is 0 Å².